The lowest BCUT2D eigenvalue weighted by Gasteiger charge is -2.09. The number of unbranched alkanes of at least 4 members (excludes halogenated alkanes) is 10. The van der Waals surface area contributed by atoms with Crippen molar-refractivity contribution in [3.05, 3.63) is 0 Å². The Morgan fingerprint density at radius 3 is 1.92 bits per heavy atom. The number of rotatable bonds is 16. The molecule has 2 N–H and O–H groups in total. The lowest BCUT2D eigenvalue weighted by Crippen LogP contribution is -2.34. The molecule has 0 rings (SSSR count). The molecule has 1 atom stereocenters. The molecule has 0 spiro atoms. The van der Waals surface area contributed by atoms with Crippen molar-refractivity contribution >= 4 is 23.7 Å². The van der Waals surface area contributed by atoms with Gasteiger partial charge in [0, 0.05) is 6.42 Å². The highest BCUT2D eigenvalue weighted by Crippen LogP contribution is 2.12. The van der Waals surface area contributed by atoms with E-state index >= 15 is 0 Å². The standard InChI is InChI=1S/C19H37NO3S/c1-3-4-5-6-7-8-9-10-11-12-13-14-18(21)23-19(22)17(20)15-16-24-2/h17H,3-16,20H2,1-2H3. The molecule has 4 nitrogen and oxygen atoms in total. The van der Waals surface area contributed by atoms with Crippen LogP contribution in [0.2, 0.25) is 0 Å². The van der Waals surface area contributed by atoms with Gasteiger partial charge in [0.1, 0.15) is 6.04 Å². The zero-order valence-corrected chi connectivity index (χ0v) is 16.5. The van der Waals surface area contributed by atoms with Gasteiger partial charge in [0.25, 0.3) is 0 Å². The summed E-state index contributed by atoms with van der Waals surface area (Å²) in [5.74, 6) is -0.226. The number of esters is 2. The predicted octanol–water partition coefficient (Wildman–Crippen LogP) is 4.84. The first-order valence-corrected chi connectivity index (χ1v) is 11.0. The Balaban J connectivity index is 3.41. The number of ether oxygens (including phenoxy) is 1. The van der Waals surface area contributed by atoms with Crippen LogP contribution in [0.3, 0.4) is 0 Å². The highest BCUT2D eigenvalue weighted by Gasteiger charge is 2.17. The van der Waals surface area contributed by atoms with E-state index in [2.05, 4.69) is 6.92 Å². The maximum absolute atomic E-state index is 11.6. The highest BCUT2D eigenvalue weighted by atomic mass is 32.2. The third-order valence-corrected chi connectivity index (χ3v) is 4.78. The van der Waals surface area contributed by atoms with Crippen LogP contribution < -0.4 is 5.73 Å². The van der Waals surface area contributed by atoms with E-state index in [0.717, 1.165) is 25.0 Å². The van der Waals surface area contributed by atoms with Crippen LogP contribution >= 0.6 is 11.8 Å². The fourth-order valence-corrected chi connectivity index (χ4v) is 3.02. The second kappa shape index (κ2) is 17.3. The van der Waals surface area contributed by atoms with E-state index in [1.165, 1.54) is 51.4 Å². The van der Waals surface area contributed by atoms with Gasteiger partial charge >= 0.3 is 11.9 Å². The SMILES string of the molecule is CCCCCCCCCCCCCC(=O)OC(=O)C(N)CCSC. The van der Waals surface area contributed by atoms with Crippen molar-refractivity contribution in [2.45, 2.75) is 96.4 Å². The molecular weight excluding hydrogens is 322 g/mol. The Kier molecular flexibility index (Phi) is 16.9. The van der Waals surface area contributed by atoms with Crippen molar-refractivity contribution in [3.8, 4) is 0 Å². The van der Waals surface area contributed by atoms with Gasteiger partial charge in [0.15, 0.2) is 0 Å². The van der Waals surface area contributed by atoms with Gasteiger partial charge in [-0.25, -0.2) is 4.79 Å². The largest absolute Gasteiger partial charge is 0.392 e. The minimum absolute atomic E-state index is 0.317. The molecule has 0 saturated carbocycles. The van der Waals surface area contributed by atoms with Crippen molar-refractivity contribution in [1.29, 1.82) is 0 Å². The fraction of sp³-hybridized carbons (Fsp3) is 0.895. The van der Waals surface area contributed by atoms with E-state index in [1.54, 1.807) is 11.8 Å². The maximum atomic E-state index is 11.6. The fourth-order valence-electron chi connectivity index (χ4n) is 2.54. The molecule has 0 aromatic carbocycles. The maximum Gasteiger partial charge on any atom is 0.330 e. The number of nitrogens with two attached hydrogens (primary N) is 1. The van der Waals surface area contributed by atoms with Crippen molar-refractivity contribution < 1.29 is 14.3 Å². The van der Waals surface area contributed by atoms with Gasteiger partial charge in [0.05, 0.1) is 0 Å². The van der Waals surface area contributed by atoms with Crippen molar-refractivity contribution in [2.24, 2.45) is 5.73 Å². The quantitative estimate of drug-likeness (QED) is 0.243. The lowest BCUT2D eigenvalue weighted by atomic mass is 10.1. The van der Waals surface area contributed by atoms with Crippen LogP contribution in [0.15, 0.2) is 0 Å². The van der Waals surface area contributed by atoms with Crippen molar-refractivity contribution in [2.75, 3.05) is 12.0 Å². The van der Waals surface area contributed by atoms with E-state index in [-0.39, 0.29) is 0 Å². The Bertz CT molecular complexity index is 324. The van der Waals surface area contributed by atoms with E-state index in [4.69, 9.17) is 10.5 Å². The number of carbonyl (C=O) groups excluding carboxylic acids is 2. The second-order valence-corrected chi connectivity index (χ2v) is 7.45. The second-order valence-electron chi connectivity index (χ2n) is 6.47. The first-order chi connectivity index (χ1) is 11.6. The Labute approximate surface area is 152 Å². The molecule has 142 valence electrons. The monoisotopic (exact) mass is 359 g/mol. The summed E-state index contributed by atoms with van der Waals surface area (Å²) in [7, 11) is 0. The molecule has 0 bridgehead atoms. The summed E-state index contributed by atoms with van der Waals surface area (Å²) in [6, 6.07) is -0.682. The molecule has 0 aliphatic heterocycles. The molecule has 5 heteroatoms. The van der Waals surface area contributed by atoms with E-state index in [0.29, 0.717) is 12.8 Å². The molecule has 0 aliphatic rings. The van der Waals surface area contributed by atoms with Crippen LogP contribution in [0, 0.1) is 0 Å². The smallest absolute Gasteiger partial charge is 0.330 e. The molecular formula is C19H37NO3S. The number of hydrogen-bond acceptors (Lipinski definition) is 5. The van der Waals surface area contributed by atoms with Crippen molar-refractivity contribution in [1.82, 2.24) is 0 Å². The first-order valence-electron chi connectivity index (χ1n) is 9.60. The Morgan fingerprint density at radius 1 is 0.917 bits per heavy atom. The summed E-state index contributed by atoms with van der Waals surface area (Å²) in [5, 5.41) is 0. The Hall–Kier alpha value is -0.550. The molecule has 1 unspecified atom stereocenters. The minimum Gasteiger partial charge on any atom is -0.392 e. The summed E-state index contributed by atoms with van der Waals surface area (Å²) in [6.07, 6.45) is 16.4. The summed E-state index contributed by atoms with van der Waals surface area (Å²) in [6.45, 7) is 2.24. The minimum atomic E-state index is -0.682. The van der Waals surface area contributed by atoms with Gasteiger partial charge in [-0.05, 0) is 24.9 Å². The molecule has 0 amide bonds. The van der Waals surface area contributed by atoms with Gasteiger partial charge in [-0.15, -0.1) is 0 Å². The van der Waals surface area contributed by atoms with E-state index in [1.807, 2.05) is 6.26 Å². The average Bonchev–Trinajstić information content (AvgIpc) is 2.57. The molecule has 0 aromatic rings. The summed E-state index contributed by atoms with van der Waals surface area (Å²) in [5.41, 5.74) is 5.67. The number of hydrogen-bond donors (Lipinski definition) is 1. The lowest BCUT2D eigenvalue weighted by molar-refractivity contribution is -0.160. The third-order valence-electron chi connectivity index (χ3n) is 4.13. The van der Waals surface area contributed by atoms with E-state index < -0.39 is 18.0 Å². The summed E-state index contributed by atoms with van der Waals surface area (Å²) in [4.78, 5) is 23.2. The molecule has 0 aromatic heterocycles. The molecule has 0 radical (unpaired) electrons. The molecule has 0 heterocycles. The van der Waals surface area contributed by atoms with Crippen LogP contribution in [0.25, 0.3) is 0 Å². The molecule has 24 heavy (non-hydrogen) atoms. The van der Waals surface area contributed by atoms with Crippen LogP contribution in [-0.4, -0.2) is 30.0 Å². The zero-order valence-electron chi connectivity index (χ0n) is 15.7. The normalized spacial score (nSPS) is 12.1. The highest BCUT2D eigenvalue weighted by molar-refractivity contribution is 7.98. The van der Waals surface area contributed by atoms with Crippen LogP contribution in [-0.2, 0) is 14.3 Å². The molecule has 0 fully saturated rings. The average molecular weight is 360 g/mol. The van der Waals surface area contributed by atoms with Crippen LogP contribution in [0.5, 0.6) is 0 Å². The van der Waals surface area contributed by atoms with Gasteiger partial charge in [0.2, 0.25) is 0 Å². The van der Waals surface area contributed by atoms with Crippen LogP contribution in [0.1, 0.15) is 90.4 Å². The summed E-state index contributed by atoms with van der Waals surface area (Å²) >= 11 is 1.62. The summed E-state index contributed by atoms with van der Waals surface area (Å²) < 4.78 is 4.79. The zero-order chi connectivity index (χ0) is 18.0. The van der Waals surface area contributed by atoms with Gasteiger partial charge < -0.3 is 10.5 Å². The molecule has 0 saturated heterocycles. The van der Waals surface area contributed by atoms with E-state index in [9.17, 15) is 9.59 Å². The molecule has 0 aliphatic carbocycles. The van der Waals surface area contributed by atoms with Crippen LogP contribution in [0.4, 0.5) is 0 Å². The topological polar surface area (TPSA) is 69.4 Å². The first kappa shape index (κ1) is 23.4. The third kappa shape index (κ3) is 15.0. The van der Waals surface area contributed by atoms with Gasteiger partial charge in [-0.2, -0.15) is 11.8 Å². The van der Waals surface area contributed by atoms with Gasteiger partial charge in [-0.3, -0.25) is 4.79 Å². The number of thioether (sulfide) groups is 1. The number of carbonyl (C=O) groups is 2. The predicted molar refractivity (Wildman–Crippen MR) is 103 cm³/mol. The van der Waals surface area contributed by atoms with Crippen molar-refractivity contribution in [3.63, 3.8) is 0 Å². The van der Waals surface area contributed by atoms with Gasteiger partial charge in [-0.1, -0.05) is 71.1 Å². The Morgan fingerprint density at radius 2 is 1.42 bits per heavy atom.